The Balaban J connectivity index is 1.81. The van der Waals surface area contributed by atoms with Gasteiger partial charge in [-0.2, -0.15) is 0 Å². The molecule has 1 heterocycles. The third kappa shape index (κ3) is 3.64. The second-order valence-electron chi connectivity index (χ2n) is 5.62. The third-order valence-electron chi connectivity index (χ3n) is 3.80. The lowest BCUT2D eigenvalue weighted by Gasteiger charge is -2.11. The van der Waals surface area contributed by atoms with Gasteiger partial charge in [0.1, 0.15) is 0 Å². The summed E-state index contributed by atoms with van der Waals surface area (Å²) in [5, 5.41) is 9.38. The minimum Gasteiger partial charge on any atom is -0.411 e. The predicted octanol–water partition coefficient (Wildman–Crippen LogP) is 5.60. The first-order valence-electron chi connectivity index (χ1n) is 7.80. The van der Waals surface area contributed by atoms with Crippen molar-refractivity contribution in [2.24, 2.45) is 0 Å². The highest BCUT2D eigenvalue weighted by atomic mass is 32.2. The highest BCUT2D eigenvalue weighted by Gasteiger charge is 2.17. The molecule has 1 aromatic heterocycles. The molecule has 1 unspecified atom stereocenters. The highest BCUT2D eigenvalue weighted by molar-refractivity contribution is 7.99. The molecule has 0 aliphatic heterocycles. The molecule has 3 nitrogen and oxygen atoms in total. The molecule has 0 saturated heterocycles. The van der Waals surface area contributed by atoms with Crippen molar-refractivity contribution in [1.82, 2.24) is 10.2 Å². The molecule has 0 bridgehead atoms. The maximum Gasteiger partial charge on any atom is 0.277 e. The van der Waals surface area contributed by atoms with E-state index in [1.54, 1.807) is 11.8 Å². The molecule has 23 heavy (non-hydrogen) atoms. The third-order valence-corrected chi connectivity index (χ3v) is 5.06. The smallest absolute Gasteiger partial charge is 0.277 e. The molecule has 2 aromatic carbocycles. The summed E-state index contributed by atoms with van der Waals surface area (Å²) in [4.78, 5) is 0. The number of nitrogens with zero attached hydrogens (tertiary/aromatic N) is 2. The van der Waals surface area contributed by atoms with E-state index >= 15 is 0 Å². The van der Waals surface area contributed by atoms with Crippen molar-refractivity contribution in [3.05, 3.63) is 65.2 Å². The van der Waals surface area contributed by atoms with E-state index in [1.807, 2.05) is 12.1 Å². The second-order valence-corrected chi connectivity index (χ2v) is 6.77. The van der Waals surface area contributed by atoms with Crippen molar-refractivity contribution >= 4 is 11.8 Å². The van der Waals surface area contributed by atoms with Gasteiger partial charge in [-0.3, -0.25) is 0 Å². The fourth-order valence-electron chi connectivity index (χ4n) is 2.60. The van der Waals surface area contributed by atoms with Gasteiger partial charge < -0.3 is 4.42 Å². The van der Waals surface area contributed by atoms with Crippen molar-refractivity contribution in [3.8, 4) is 11.5 Å². The quantitative estimate of drug-likeness (QED) is 0.573. The van der Waals surface area contributed by atoms with E-state index in [0.29, 0.717) is 16.4 Å². The molecule has 0 radical (unpaired) electrons. The largest absolute Gasteiger partial charge is 0.411 e. The van der Waals surface area contributed by atoms with Crippen LogP contribution in [0.15, 0.2) is 58.2 Å². The molecule has 118 valence electrons. The lowest BCUT2D eigenvalue weighted by atomic mass is 10.1. The maximum absolute atomic E-state index is 5.88. The zero-order valence-corrected chi connectivity index (χ0v) is 14.4. The number of hydrogen-bond acceptors (Lipinski definition) is 4. The molecule has 0 N–H and O–H groups in total. The second kappa shape index (κ2) is 7.01. The molecular weight excluding hydrogens is 304 g/mol. The number of thioether (sulfide) groups is 1. The molecular formula is C19H20N2OS. The van der Waals surface area contributed by atoms with E-state index in [-0.39, 0.29) is 0 Å². The Morgan fingerprint density at radius 3 is 2.52 bits per heavy atom. The number of hydrogen-bond donors (Lipinski definition) is 0. The van der Waals surface area contributed by atoms with Crippen LogP contribution in [-0.4, -0.2) is 10.2 Å². The Morgan fingerprint density at radius 1 is 1.04 bits per heavy atom. The molecule has 3 rings (SSSR count). The van der Waals surface area contributed by atoms with Gasteiger partial charge in [-0.1, -0.05) is 66.7 Å². The fourth-order valence-corrected chi connectivity index (χ4v) is 3.51. The van der Waals surface area contributed by atoms with Crippen LogP contribution in [0.3, 0.4) is 0 Å². The van der Waals surface area contributed by atoms with Crippen LogP contribution in [0.1, 0.15) is 35.3 Å². The van der Waals surface area contributed by atoms with Gasteiger partial charge in [-0.05, 0) is 37.5 Å². The van der Waals surface area contributed by atoms with Gasteiger partial charge in [-0.15, -0.1) is 10.2 Å². The van der Waals surface area contributed by atoms with Gasteiger partial charge in [-0.25, -0.2) is 0 Å². The van der Waals surface area contributed by atoms with E-state index in [4.69, 9.17) is 4.42 Å². The van der Waals surface area contributed by atoms with Crippen LogP contribution in [0.2, 0.25) is 0 Å². The lowest BCUT2D eigenvalue weighted by Crippen LogP contribution is -1.91. The van der Waals surface area contributed by atoms with Gasteiger partial charge in [0.05, 0.1) is 0 Å². The zero-order chi connectivity index (χ0) is 16.2. The summed E-state index contributed by atoms with van der Waals surface area (Å²) >= 11 is 1.63. The summed E-state index contributed by atoms with van der Waals surface area (Å²) in [6.07, 6.45) is 1.01. The summed E-state index contributed by atoms with van der Waals surface area (Å²) in [7, 11) is 0. The molecule has 0 amide bonds. The van der Waals surface area contributed by atoms with Crippen LogP contribution >= 0.6 is 11.8 Å². The first-order valence-corrected chi connectivity index (χ1v) is 8.68. The number of benzene rings is 2. The molecule has 3 aromatic rings. The first-order chi connectivity index (χ1) is 11.2. The average Bonchev–Trinajstić information content (AvgIpc) is 3.01. The first kappa shape index (κ1) is 15.8. The van der Waals surface area contributed by atoms with E-state index in [0.717, 1.165) is 17.5 Å². The minimum absolute atomic E-state index is 0.323. The van der Waals surface area contributed by atoms with Gasteiger partial charge in [0, 0.05) is 10.8 Å². The Hall–Kier alpha value is -2.07. The summed E-state index contributed by atoms with van der Waals surface area (Å²) in [6.45, 7) is 6.32. The molecule has 0 saturated carbocycles. The summed E-state index contributed by atoms with van der Waals surface area (Å²) in [5.41, 5.74) is 4.67. The van der Waals surface area contributed by atoms with Gasteiger partial charge in [0.2, 0.25) is 5.89 Å². The molecule has 0 fully saturated rings. The molecule has 0 aliphatic carbocycles. The normalized spacial score (nSPS) is 12.3. The fraction of sp³-hybridized carbons (Fsp3) is 0.263. The van der Waals surface area contributed by atoms with Gasteiger partial charge in [0.15, 0.2) is 0 Å². The van der Waals surface area contributed by atoms with Crippen LogP contribution in [0.5, 0.6) is 0 Å². The van der Waals surface area contributed by atoms with E-state index in [2.05, 4.69) is 67.4 Å². The maximum atomic E-state index is 5.88. The SMILES string of the molecule is CCC(Sc1nnc(-c2ccc(C)cc2C)o1)c1ccccc1. The van der Waals surface area contributed by atoms with Crippen LogP contribution in [0, 0.1) is 13.8 Å². The lowest BCUT2D eigenvalue weighted by molar-refractivity contribution is 0.464. The molecule has 0 aliphatic rings. The van der Waals surface area contributed by atoms with Crippen molar-refractivity contribution in [1.29, 1.82) is 0 Å². The molecule has 4 heteroatoms. The summed E-state index contributed by atoms with van der Waals surface area (Å²) in [6, 6.07) is 16.7. The predicted molar refractivity (Wildman–Crippen MR) is 94.5 cm³/mol. The molecule has 1 atom stereocenters. The number of aryl methyl sites for hydroxylation is 2. The van der Waals surface area contributed by atoms with E-state index in [9.17, 15) is 0 Å². The Bertz CT molecular complexity index is 783. The van der Waals surface area contributed by atoms with E-state index < -0.39 is 0 Å². The van der Waals surface area contributed by atoms with Gasteiger partial charge >= 0.3 is 0 Å². The average molecular weight is 324 g/mol. The van der Waals surface area contributed by atoms with Crippen LogP contribution in [0.25, 0.3) is 11.5 Å². The zero-order valence-electron chi connectivity index (χ0n) is 13.6. The van der Waals surface area contributed by atoms with Crippen molar-refractivity contribution < 1.29 is 4.42 Å². The van der Waals surface area contributed by atoms with Crippen LogP contribution in [-0.2, 0) is 0 Å². The monoisotopic (exact) mass is 324 g/mol. The Morgan fingerprint density at radius 2 is 1.83 bits per heavy atom. The number of aromatic nitrogens is 2. The molecule has 0 spiro atoms. The summed E-state index contributed by atoms with van der Waals surface area (Å²) < 4.78 is 5.88. The van der Waals surface area contributed by atoms with Crippen molar-refractivity contribution in [3.63, 3.8) is 0 Å². The van der Waals surface area contributed by atoms with Crippen LogP contribution in [0.4, 0.5) is 0 Å². The van der Waals surface area contributed by atoms with E-state index in [1.165, 1.54) is 11.1 Å². The number of rotatable bonds is 5. The van der Waals surface area contributed by atoms with Crippen LogP contribution < -0.4 is 0 Å². The summed E-state index contributed by atoms with van der Waals surface area (Å²) in [5.74, 6) is 0.591. The van der Waals surface area contributed by atoms with Crippen molar-refractivity contribution in [2.45, 2.75) is 37.7 Å². The Kier molecular flexibility index (Phi) is 4.82. The minimum atomic E-state index is 0.323. The van der Waals surface area contributed by atoms with Gasteiger partial charge in [0.25, 0.3) is 5.22 Å². The Labute approximate surface area is 141 Å². The topological polar surface area (TPSA) is 38.9 Å². The van der Waals surface area contributed by atoms with Crippen molar-refractivity contribution in [2.75, 3.05) is 0 Å². The highest BCUT2D eigenvalue weighted by Crippen LogP contribution is 2.37. The standard InChI is InChI=1S/C19H20N2OS/c1-4-17(15-8-6-5-7-9-15)23-19-21-20-18(22-19)16-11-10-13(2)12-14(16)3/h5-12,17H,4H2,1-3H3.